The largest absolute Gasteiger partial charge is 0.288 e. The van der Waals surface area contributed by atoms with Crippen LogP contribution in [0, 0.1) is 5.92 Å². The molecule has 1 aliphatic carbocycles. The van der Waals surface area contributed by atoms with Crippen LogP contribution in [0.4, 0.5) is 0 Å². The average molecular weight is 318 g/mol. The van der Waals surface area contributed by atoms with Crippen LogP contribution in [0.25, 0.3) is 0 Å². The van der Waals surface area contributed by atoms with Gasteiger partial charge >= 0.3 is 0 Å². The van der Waals surface area contributed by atoms with Crippen molar-refractivity contribution in [3.63, 3.8) is 0 Å². The van der Waals surface area contributed by atoms with Crippen molar-refractivity contribution in [2.24, 2.45) is 10.9 Å². The molecule has 0 amide bonds. The van der Waals surface area contributed by atoms with E-state index in [0.29, 0.717) is 6.04 Å². The topological polar surface area (TPSA) is 15.6 Å². The summed E-state index contributed by atoms with van der Waals surface area (Å²) >= 11 is 0. The summed E-state index contributed by atoms with van der Waals surface area (Å²) in [6.45, 7) is 3.25. The van der Waals surface area contributed by atoms with E-state index in [4.69, 9.17) is 4.99 Å². The maximum absolute atomic E-state index is 4.92. The van der Waals surface area contributed by atoms with E-state index in [-0.39, 0.29) is 6.04 Å². The van der Waals surface area contributed by atoms with Gasteiger partial charge in [-0.15, -0.1) is 0 Å². The predicted octanol–water partition coefficient (Wildman–Crippen LogP) is 4.87. The molecule has 0 radical (unpaired) electrons. The fourth-order valence-electron chi connectivity index (χ4n) is 4.39. The molecule has 2 fully saturated rings. The lowest BCUT2D eigenvalue weighted by atomic mass is 9.99. The van der Waals surface area contributed by atoms with Gasteiger partial charge in [0.1, 0.15) is 0 Å². The molecule has 4 atom stereocenters. The second kappa shape index (κ2) is 6.90. The number of piperidine rings is 1. The van der Waals surface area contributed by atoms with Crippen LogP contribution in [-0.4, -0.2) is 23.2 Å². The first kappa shape index (κ1) is 15.6. The van der Waals surface area contributed by atoms with E-state index in [0.717, 1.165) is 18.5 Å². The lowest BCUT2D eigenvalue weighted by molar-refractivity contribution is 0.174. The number of hydrogen-bond acceptors (Lipinski definition) is 2. The van der Waals surface area contributed by atoms with Crippen LogP contribution in [0.15, 0.2) is 65.7 Å². The summed E-state index contributed by atoms with van der Waals surface area (Å²) in [4.78, 5) is 7.61. The van der Waals surface area contributed by atoms with Crippen LogP contribution < -0.4 is 0 Å². The maximum atomic E-state index is 4.92. The number of hydrogen-bond donors (Lipinski definition) is 0. The Morgan fingerprint density at radius 3 is 2.50 bits per heavy atom. The molecule has 2 aromatic rings. The molecular formula is C22H26N2. The average Bonchev–Trinajstić information content (AvgIpc) is 3.23. The quantitative estimate of drug-likeness (QED) is 0.718. The van der Waals surface area contributed by atoms with Gasteiger partial charge in [0.25, 0.3) is 0 Å². The van der Waals surface area contributed by atoms with E-state index in [2.05, 4.69) is 78.7 Å². The van der Waals surface area contributed by atoms with E-state index >= 15 is 0 Å². The monoisotopic (exact) mass is 318 g/mol. The number of aliphatic imine (C=N–C) groups is 1. The molecule has 0 unspecified atom stereocenters. The third-order valence-corrected chi connectivity index (χ3v) is 5.73. The Labute approximate surface area is 145 Å². The van der Waals surface area contributed by atoms with Crippen molar-refractivity contribution in [3.05, 3.63) is 71.8 Å². The summed E-state index contributed by atoms with van der Waals surface area (Å²) in [5.74, 6) is 0.797. The molecule has 2 aliphatic rings. The molecule has 2 heteroatoms. The normalized spacial score (nSPS) is 27.8. The van der Waals surface area contributed by atoms with Crippen LogP contribution in [0.5, 0.6) is 0 Å². The molecule has 1 saturated carbocycles. The molecule has 0 spiro atoms. The standard InChI is InChI=1S/C22H26N2/c1-17(19-10-6-3-7-11-19)23-15-22-20-12-13-21(14-20)24(22)16-18-8-4-2-5-9-18/h2-11,15,17,20-22H,12-14,16H2,1H3/t17-,20-,21+,22+/m1/s1. The molecule has 1 heterocycles. The minimum Gasteiger partial charge on any atom is -0.288 e. The van der Waals surface area contributed by atoms with Gasteiger partial charge in [0.2, 0.25) is 0 Å². The Morgan fingerprint density at radius 1 is 1.04 bits per heavy atom. The fourth-order valence-corrected chi connectivity index (χ4v) is 4.39. The summed E-state index contributed by atoms with van der Waals surface area (Å²) in [6.07, 6.45) is 6.33. The van der Waals surface area contributed by atoms with Crippen LogP contribution in [-0.2, 0) is 6.54 Å². The van der Waals surface area contributed by atoms with Gasteiger partial charge < -0.3 is 0 Å². The number of likely N-dealkylation sites (tertiary alicyclic amines) is 1. The zero-order valence-electron chi connectivity index (χ0n) is 14.4. The van der Waals surface area contributed by atoms with Crippen molar-refractivity contribution < 1.29 is 0 Å². The first-order valence-corrected chi connectivity index (χ1v) is 9.19. The van der Waals surface area contributed by atoms with E-state index < -0.39 is 0 Å². The molecule has 0 aromatic heterocycles. The molecule has 4 rings (SSSR count). The third-order valence-electron chi connectivity index (χ3n) is 5.73. The zero-order chi connectivity index (χ0) is 16.4. The smallest absolute Gasteiger partial charge is 0.0717 e. The SMILES string of the molecule is C[C@@H](N=C[C@H]1[C@@H]2CC[C@@H](C2)N1Cc1ccccc1)c1ccccc1. The van der Waals surface area contributed by atoms with Gasteiger partial charge in [0, 0.05) is 24.8 Å². The van der Waals surface area contributed by atoms with Gasteiger partial charge in [0.05, 0.1) is 6.04 Å². The molecule has 2 nitrogen and oxygen atoms in total. The predicted molar refractivity (Wildman–Crippen MR) is 100 cm³/mol. The van der Waals surface area contributed by atoms with Crippen molar-refractivity contribution in [1.29, 1.82) is 0 Å². The maximum Gasteiger partial charge on any atom is 0.0717 e. The molecule has 1 aliphatic heterocycles. The fraction of sp³-hybridized carbons (Fsp3) is 0.409. The number of rotatable bonds is 5. The van der Waals surface area contributed by atoms with Crippen LogP contribution >= 0.6 is 0 Å². The highest BCUT2D eigenvalue weighted by Gasteiger charge is 2.44. The summed E-state index contributed by atoms with van der Waals surface area (Å²) in [6, 6.07) is 23.0. The first-order valence-electron chi connectivity index (χ1n) is 9.19. The molecule has 2 bridgehead atoms. The van der Waals surface area contributed by atoms with E-state index in [1.807, 2.05) is 0 Å². The van der Waals surface area contributed by atoms with Crippen LogP contribution in [0.3, 0.4) is 0 Å². The van der Waals surface area contributed by atoms with E-state index in [1.54, 1.807) is 0 Å². The Kier molecular flexibility index (Phi) is 4.48. The molecule has 24 heavy (non-hydrogen) atoms. The zero-order valence-corrected chi connectivity index (χ0v) is 14.4. The molecule has 1 saturated heterocycles. The van der Waals surface area contributed by atoms with Gasteiger partial charge in [-0.3, -0.25) is 9.89 Å². The van der Waals surface area contributed by atoms with Crippen molar-refractivity contribution in [2.45, 2.75) is 50.9 Å². The number of nitrogens with zero attached hydrogens (tertiary/aromatic N) is 2. The summed E-state index contributed by atoms with van der Waals surface area (Å²) in [5.41, 5.74) is 2.71. The minimum atomic E-state index is 0.240. The van der Waals surface area contributed by atoms with Crippen LogP contribution in [0.1, 0.15) is 43.4 Å². The summed E-state index contributed by atoms with van der Waals surface area (Å²) in [7, 11) is 0. The lowest BCUT2D eigenvalue weighted by Crippen LogP contribution is -2.41. The highest BCUT2D eigenvalue weighted by molar-refractivity contribution is 5.66. The van der Waals surface area contributed by atoms with E-state index in [9.17, 15) is 0 Å². The second-order valence-corrected chi connectivity index (χ2v) is 7.26. The Bertz CT molecular complexity index is 680. The third kappa shape index (κ3) is 3.16. The Hall–Kier alpha value is -1.93. The summed E-state index contributed by atoms with van der Waals surface area (Å²) < 4.78 is 0. The van der Waals surface area contributed by atoms with Crippen molar-refractivity contribution >= 4 is 6.21 Å². The highest BCUT2D eigenvalue weighted by atomic mass is 15.2. The van der Waals surface area contributed by atoms with Gasteiger partial charge in [0.15, 0.2) is 0 Å². The Morgan fingerprint density at radius 2 is 1.75 bits per heavy atom. The lowest BCUT2D eigenvalue weighted by Gasteiger charge is -2.33. The van der Waals surface area contributed by atoms with Crippen molar-refractivity contribution in [2.75, 3.05) is 0 Å². The number of fused-ring (bicyclic) bond motifs is 2. The second-order valence-electron chi connectivity index (χ2n) is 7.26. The van der Waals surface area contributed by atoms with Crippen molar-refractivity contribution in [1.82, 2.24) is 4.90 Å². The molecular weight excluding hydrogens is 292 g/mol. The van der Waals surface area contributed by atoms with Gasteiger partial charge in [-0.2, -0.15) is 0 Å². The number of benzene rings is 2. The van der Waals surface area contributed by atoms with Crippen LogP contribution in [0.2, 0.25) is 0 Å². The van der Waals surface area contributed by atoms with Gasteiger partial charge in [-0.05, 0) is 43.2 Å². The van der Waals surface area contributed by atoms with Crippen molar-refractivity contribution in [3.8, 4) is 0 Å². The summed E-state index contributed by atoms with van der Waals surface area (Å²) in [5, 5.41) is 0. The van der Waals surface area contributed by atoms with E-state index in [1.165, 1.54) is 30.4 Å². The highest BCUT2D eigenvalue weighted by Crippen LogP contribution is 2.42. The molecule has 124 valence electrons. The minimum absolute atomic E-state index is 0.240. The first-order chi connectivity index (χ1) is 11.8. The molecule has 2 aromatic carbocycles. The molecule has 0 N–H and O–H groups in total. The Balaban J connectivity index is 1.49. The van der Waals surface area contributed by atoms with Gasteiger partial charge in [-0.1, -0.05) is 60.7 Å². The van der Waals surface area contributed by atoms with Gasteiger partial charge in [-0.25, -0.2) is 0 Å².